The minimum absolute atomic E-state index is 0.0812. The van der Waals surface area contributed by atoms with Gasteiger partial charge in [-0.15, -0.1) is 0 Å². The quantitative estimate of drug-likeness (QED) is 0.659. The van der Waals surface area contributed by atoms with E-state index in [1.165, 1.54) is 16.0 Å². The first-order chi connectivity index (χ1) is 13.7. The molecule has 2 aliphatic rings. The van der Waals surface area contributed by atoms with Gasteiger partial charge in [0.15, 0.2) is 0 Å². The normalized spacial score (nSPS) is 17.1. The molecule has 2 aliphatic heterocycles. The number of imide groups is 1. The van der Waals surface area contributed by atoms with Crippen molar-refractivity contribution in [2.24, 2.45) is 0 Å². The summed E-state index contributed by atoms with van der Waals surface area (Å²) >= 11 is 0. The van der Waals surface area contributed by atoms with Crippen LogP contribution in [-0.4, -0.2) is 40.7 Å². The third-order valence-corrected chi connectivity index (χ3v) is 5.68. The highest BCUT2D eigenvalue weighted by atomic mass is 16.2. The smallest absolute Gasteiger partial charge is 0.261 e. The van der Waals surface area contributed by atoms with Gasteiger partial charge in [0, 0.05) is 13.1 Å². The number of hydrogen-bond donors (Lipinski definition) is 0. The molecule has 0 atom stereocenters. The second kappa shape index (κ2) is 6.73. The van der Waals surface area contributed by atoms with Crippen LogP contribution in [0.5, 0.6) is 0 Å². The van der Waals surface area contributed by atoms with Crippen molar-refractivity contribution in [2.45, 2.75) is 12.1 Å². The van der Waals surface area contributed by atoms with Crippen molar-refractivity contribution >= 4 is 11.8 Å². The molecule has 138 valence electrons. The van der Waals surface area contributed by atoms with Crippen LogP contribution >= 0.6 is 0 Å². The van der Waals surface area contributed by atoms with Gasteiger partial charge in [-0.25, -0.2) is 0 Å². The Kier molecular flexibility index (Phi) is 4.06. The number of hydrogen-bond acceptors (Lipinski definition) is 3. The third kappa shape index (κ3) is 2.65. The molecule has 1 saturated heterocycles. The van der Waals surface area contributed by atoms with Crippen LogP contribution in [0.15, 0.2) is 84.9 Å². The molecule has 0 saturated carbocycles. The van der Waals surface area contributed by atoms with Crippen LogP contribution in [0.1, 0.15) is 37.9 Å². The predicted octanol–water partition coefficient (Wildman–Crippen LogP) is 3.76. The Morgan fingerprint density at radius 3 is 1.54 bits per heavy atom. The molecule has 0 aliphatic carbocycles. The number of rotatable bonds is 4. The molecule has 28 heavy (non-hydrogen) atoms. The van der Waals surface area contributed by atoms with E-state index in [9.17, 15) is 9.59 Å². The molecule has 2 heterocycles. The highest BCUT2D eigenvalue weighted by Crippen LogP contribution is 2.35. The summed E-state index contributed by atoms with van der Waals surface area (Å²) < 4.78 is 0. The fourth-order valence-corrected chi connectivity index (χ4v) is 4.29. The van der Waals surface area contributed by atoms with E-state index >= 15 is 0 Å². The van der Waals surface area contributed by atoms with E-state index in [4.69, 9.17) is 0 Å². The van der Waals surface area contributed by atoms with Gasteiger partial charge in [-0.3, -0.25) is 19.4 Å². The Balaban J connectivity index is 1.39. The molecule has 4 heteroatoms. The molecule has 0 radical (unpaired) electrons. The Labute approximate surface area is 164 Å². The summed E-state index contributed by atoms with van der Waals surface area (Å²) in [6.07, 6.45) is 0. The Morgan fingerprint density at radius 1 is 0.643 bits per heavy atom. The van der Waals surface area contributed by atoms with Crippen LogP contribution in [0.25, 0.3) is 0 Å². The number of fused-ring (bicyclic) bond motifs is 1. The van der Waals surface area contributed by atoms with Crippen molar-refractivity contribution in [1.29, 1.82) is 0 Å². The number of amides is 2. The van der Waals surface area contributed by atoms with Crippen LogP contribution in [0.4, 0.5) is 0 Å². The molecule has 1 fully saturated rings. The van der Waals surface area contributed by atoms with E-state index in [0.717, 1.165) is 0 Å². The average Bonchev–Trinajstić information content (AvgIpc) is 2.97. The van der Waals surface area contributed by atoms with E-state index in [0.29, 0.717) is 24.2 Å². The van der Waals surface area contributed by atoms with Crippen molar-refractivity contribution in [1.82, 2.24) is 9.80 Å². The average molecular weight is 368 g/mol. The second-order valence-electron chi connectivity index (χ2n) is 7.36. The fraction of sp³-hybridized carbons (Fsp3) is 0.167. The van der Waals surface area contributed by atoms with Crippen LogP contribution in [0.3, 0.4) is 0 Å². The first kappa shape index (κ1) is 16.9. The minimum Gasteiger partial charge on any atom is -0.288 e. The molecule has 0 N–H and O–H groups in total. The van der Waals surface area contributed by atoms with Gasteiger partial charge in [0.2, 0.25) is 0 Å². The van der Waals surface area contributed by atoms with Crippen LogP contribution in [0.2, 0.25) is 0 Å². The Bertz CT molecular complexity index is 952. The lowest BCUT2D eigenvalue weighted by Gasteiger charge is -2.47. The Hall–Kier alpha value is -3.24. The summed E-state index contributed by atoms with van der Waals surface area (Å²) in [6, 6.07) is 27.9. The highest BCUT2D eigenvalue weighted by Gasteiger charge is 2.46. The lowest BCUT2D eigenvalue weighted by atomic mass is 9.92. The zero-order chi connectivity index (χ0) is 19.1. The van der Waals surface area contributed by atoms with E-state index in [1.54, 1.807) is 24.3 Å². The van der Waals surface area contributed by atoms with Gasteiger partial charge in [-0.1, -0.05) is 72.8 Å². The summed E-state index contributed by atoms with van der Waals surface area (Å²) in [5.41, 5.74) is 3.48. The molecule has 2 amide bonds. The fourth-order valence-electron chi connectivity index (χ4n) is 4.29. The van der Waals surface area contributed by atoms with Gasteiger partial charge in [-0.2, -0.15) is 0 Å². The van der Waals surface area contributed by atoms with Gasteiger partial charge < -0.3 is 0 Å². The largest absolute Gasteiger partial charge is 0.288 e. The summed E-state index contributed by atoms with van der Waals surface area (Å²) in [7, 11) is 0. The van der Waals surface area contributed by atoms with Crippen molar-refractivity contribution in [2.75, 3.05) is 13.1 Å². The maximum Gasteiger partial charge on any atom is 0.261 e. The highest BCUT2D eigenvalue weighted by molar-refractivity contribution is 6.21. The molecular formula is C24H20N2O2. The molecule has 0 bridgehead atoms. The number of benzene rings is 3. The van der Waals surface area contributed by atoms with Gasteiger partial charge in [0.1, 0.15) is 0 Å². The maximum absolute atomic E-state index is 12.7. The van der Waals surface area contributed by atoms with E-state index in [-0.39, 0.29) is 23.9 Å². The van der Waals surface area contributed by atoms with E-state index in [2.05, 4.69) is 29.2 Å². The molecule has 3 aromatic carbocycles. The maximum atomic E-state index is 12.7. The van der Waals surface area contributed by atoms with Crippen LogP contribution < -0.4 is 0 Å². The molecule has 4 nitrogen and oxygen atoms in total. The van der Waals surface area contributed by atoms with Crippen molar-refractivity contribution in [3.63, 3.8) is 0 Å². The SMILES string of the molecule is O=C1c2ccccc2C(=O)N1C1CN(C(c2ccccc2)c2ccccc2)C1. The van der Waals surface area contributed by atoms with Gasteiger partial charge in [0.05, 0.1) is 23.2 Å². The molecule has 0 aromatic heterocycles. The predicted molar refractivity (Wildman–Crippen MR) is 107 cm³/mol. The number of carbonyl (C=O) groups is 2. The Morgan fingerprint density at radius 2 is 1.07 bits per heavy atom. The number of likely N-dealkylation sites (tertiary alicyclic amines) is 1. The first-order valence-corrected chi connectivity index (χ1v) is 9.55. The minimum atomic E-state index is -0.166. The van der Waals surface area contributed by atoms with Gasteiger partial charge in [-0.05, 0) is 23.3 Å². The summed E-state index contributed by atoms with van der Waals surface area (Å²) in [6.45, 7) is 1.36. The lowest BCUT2D eigenvalue weighted by molar-refractivity contribution is 0.0178. The number of nitrogens with zero attached hydrogens (tertiary/aromatic N) is 2. The first-order valence-electron chi connectivity index (χ1n) is 9.55. The molecule has 3 aromatic rings. The summed E-state index contributed by atoms with van der Waals surface area (Å²) in [4.78, 5) is 29.3. The summed E-state index contributed by atoms with van der Waals surface area (Å²) in [5.74, 6) is -0.331. The second-order valence-corrected chi connectivity index (χ2v) is 7.36. The molecule has 0 spiro atoms. The topological polar surface area (TPSA) is 40.6 Å². The zero-order valence-corrected chi connectivity index (χ0v) is 15.4. The van der Waals surface area contributed by atoms with Crippen LogP contribution in [0, 0.1) is 0 Å². The zero-order valence-electron chi connectivity index (χ0n) is 15.4. The number of carbonyl (C=O) groups excluding carboxylic acids is 2. The third-order valence-electron chi connectivity index (χ3n) is 5.68. The van der Waals surface area contributed by atoms with Gasteiger partial charge >= 0.3 is 0 Å². The van der Waals surface area contributed by atoms with E-state index < -0.39 is 0 Å². The lowest BCUT2D eigenvalue weighted by Crippen LogP contribution is -2.61. The van der Waals surface area contributed by atoms with Crippen molar-refractivity contribution in [3.05, 3.63) is 107 Å². The van der Waals surface area contributed by atoms with Crippen LogP contribution in [-0.2, 0) is 0 Å². The molecular weight excluding hydrogens is 348 g/mol. The van der Waals surface area contributed by atoms with E-state index in [1.807, 2.05) is 36.4 Å². The van der Waals surface area contributed by atoms with Crippen molar-refractivity contribution < 1.29 is 9.59 Å². The summed E-state index contributed by atoms with van der Waals surface area (Å²) in [5, 5.41) is 0. The van der Waals surface area contributed by atoms with Gasteiger partial charge in [0.25, 0.3) is 11.8 Å². The monoisotopic (exact) mass is 368 g/mol. The molecule has 5 rings (SSSR count). The van der Waals surface area contributed by atoms with Crippen molar-refractivity contribution in [3.8, 4) is 0 Å². The standard InChI is InChI=1S/C24H20N2O2/c27-23-20-13-7-8-14-21(20)24(28)26(23)19-15-25(16-19)22(17-9-3-1-4-10-17)18-11-5-2-6-12-18/h1-14,19,22H,15-16H2. The molecule has 0 unspecified atom stereocenters.